The first-order valence-electron chi connectivity index (χ1n) is 18.3. The Bertz CT molecular complexity index is 1750. The van der Waals surface area contributed by atoms with Gasteiger partial charge in [-0.1, -0.05) is 27.7 Å². The predicted molar refractivity (Wildman–Crippen MR) is 217 cm³/mol. The molecule has 3 atom stereocenters. The molecular weight excluding hydrogens is 747 g/mol. The topological polar surface area (TPSA) is 290 Å². The Kier molecular flexibility index (Phi) is 17.2. The highest BCUT2D eigenvalue weighted by atomic mass is 32.1. The number of amides is 3. The zero-order valence-electron chi connectivity index (χ0n) is 32.1. The summed E-state index contributed by atoms with van der Waals surface area (Å²) in [6.45, 7) is 12.9. The number of hydrogen-bond donors (Lipinski definition) is 10. The first-order chi connectivity index (χ1) is 25.5. The number of carbonyl (C=O) groups is 3. The van der Waals surface area contributed by atoms with Gasteiger partial charge in [0, 0.05) is 25.6 Å². The quantitative estimate of drug-likeness (QED) is 0.0391. The molecule has 3 heterocycles. The van der Waals surface area contributed by atoms with Crippen LogP contribution in [0, 0.1) is 29.6 Å². The predicted octanol–water partition coefficient (Wildman–Crippen LogP) is 4.13. The highest BCUT2D eigenvalue weighted by Gasteiger charge is 2.31. The number of guanidine groups is 2. The molecule has 0 saturated heterocycles. The number of thiazole rings is 3. The van der Waals surface area contributed by atoms with Gasteiger partial charge in [-0.3, -0.25) is 25.2 Å². The van der Waals surface area contributed by atoms with Crippen LogP contribution >= 0.6 is 34.0 Å². The van der Waals surface area contributed by atoms with Gasteiger partial charge in [0.1, 0.15) is 14.6 Å². The van der Waals surface area contributed by atoms with Gasteiger partial charge >= 0.3 is 0 Å². The zero-order chi connectivity index (χ0) is 40.1. The van der Waals surface area contributed by atoms with E-state index < -0.39 is 29.9 Å². The number of hydrogen-bond acceptors (Lipinski definition) is 12. The molecule has 0 aromatic carbocycles. The molecule has 3 aromatic rings. The molecule has 3 aromatic heterocycles. The van der Waals surface area contributed by atoms with Gasteiger partial charge in [0.05, 0.1) is 44.2 Å². The third-order valence-corrected chi connectivity index (χ3v) is 11.4. The van der Waals surface area contributed by atoms with E-state index in [2.05, 4.69) is 40.1 Å². The highest BCUT2D eigenvalue weighted by molar-refractivity contribution is 7.14. The third-order valence-electron chi connectivity index (χ3n) is 8.22. The van der Waals surface area contributed by atoms with Crippen LogP contribution in [0.1, 0.15) is 152 Å². The van der Waals surface area contributed by atoms with Gasteiger partial charge in [-0.2, -0.15) is 0 Å². The van der Waals surface area contributed by atoms with E-state index in [0.717, 1.165) is 35.7 Å². The summed E-state index contributed by atoms with van der Waals surface area (Å²) in [5.41, 5.74) is 24.5. The van der Waals surface area contributed by atoms with Crippen molar-refractivity contribution in [3.05, 3.63) is 46.7 Å². The van der Waals surface area contributed by atoms with Crippen molar-refractivity contribution in [2.45, 2.75) is 111 Å². The molecule has 0 radical (unpaired) electrons. The number of nitrogens with zero attached hydrogens (tertiary/aromatic N) is 3. The van der Waals surface area contributed by atoms with Crippen LogP contribution < -0.4 is 44.2 Å². The standard InChI is InChI=1S/C35H57N13O3S3/c1-17(2)15-22(46-33(51)29-26(45-20(6)52-29)21(36)11-7-9-13-42-34(38)39)27-30(53-23(47-27)12-8-10-14-43-35(40)41)32(50)44-19(5)25-28(31(37)49)54-24(48-25)16-18(3)4/h17-19,21-22H,7-16,36H2,1-6H3,(H2,37,49)(H,44,50)(H,46,51)(H4,38,39,42)(H4,40,41,43)/t19-,21-,22-/m0/s1. The number of nitrogens with one attached hydrogen (secondary N) is 6. The molecule has 0 aliphatic rings. The van der Waals surface area contributed by atoms with E-state index in [1.54, 1.807) is 6.92 Å². The molecule has 0 aliphatic heterocycles. The average Bonchev–Trinajstić information content (AvgIpc) is 3.80. The normalized spacial score (nSPS) is 13.1. The second-order valence-electron chi connectivity index (χ2n) is 14.1. The van der Waals surface area contributed by atoms with E-state index in [4.69, 9.17) is 43.7 Å². The van der Waals surface area contributed by atoms with Crippen LogP contribution in [0.4, 0.5) is 0 Å². The number of nitrogens with two attached hydrogens (primary N) is 4. The SMILES string of the molecule is Cc1nc([C@@H](N)CCCCNC(=N)N)c(C(=O)N[C@@H](CC(C)C)c2nc(CCCCNC(=N)N)sc2C(=O)N[C@@H](C)c2nc(CC(C)C)sc2C(N)=O)s1. The largest absolute Gasteiger partial charge is 0.370 e. The molecule has 14 N–H and O–H groups in total. The third kappa shape index (κ3) is 13.6. The first kappa shape index (κ1) is 44.2. The maximum atomic E-state index is 14.2. The molecule has 3 rings (SSSR count). The average molecular weight is 804 g/mol. The van der Waals surface area contributed by atoms with Crippen LogP contribution in [-0.4, -0.2) is 57.7 Å². The fraction of sp³-hybridized carbons (Fsp3) is 0.600. The van der Waals surface area contributed by atoms with E-state index in [-0.39, 0.29) is 23.7 Å². The summed E-state index contributed by atoms with van der Waals surface area (Å²) in [5, 5.41) is 28.7. The number of primary amides is 1. The molecule has 0 saturated carbocycles. The minimum absolute atomic E-state index is 0.0823. The fourth-order valence-corrected chi connectivity index (χ4v) is 8.95. The molecule has 0 spiro atoms. The van der Waals surface area contributed by atoms with Crippen molar-refractivity contribution in [1.29, 1.82) is 10.8 Å². The van der Waals surface area contributed by atoms with Crippen molar-refractivity contribution in [1.82, 2.24) is 36.2 Å². The molecule has 298 valence electrons. The Morgan fingerprint density at radius 2 is 1.28 bits per heavy atom. The van der Waals surface area contributed by atoms with Crippen molar-refractivity contribution >= 4 is 63.7 Å². The molecule has 0 aliphatic carbocycles. The Morgan fingerprint density at radius 3 is 1.87 bits per heavy atom. The lowest BCUT2D eigenvalue weighted by Gasteiger charge is -2.21. The Balaban J connectivity index is 1.93. The maximum absolute atomic E-state index is 14.2. The number of rotatable bonds is 22. The molecule has 16 nitrogen and oxygen atoms in total. The van der Waals surface area contributed by atoms with Gasteiger partial charge in [-0.15, -0.1) is 34.0 Å². The van der Waals surface area contributed by atoms with E-state index in [1.165, 1.54) is 34.0 Å². The Labute approximate surface area is 329 Å². The van der Waals surface area contributed by atoms with Gasteiger partial charge in [0.25, 0.3) is 17.7 Å². The van der Waals surface area contributed by atoms with Gasteiger partial charge in [-0.25, -0.2) is 15.0 Å². The van der Waals surface area contributed by atoms with Crippen molar-refractivity contribution in [2.75, 3.05) is 13.1 Å². The van der Waals surface area contributed by atoms with Gasteiger partial charge in [-0.05, 0) is 70.6 Å². The summed E-state index contributed by atoms with van der Waals surface area (Å²) in [6, 6.07) is -1.71. The molecule has 0 bridgehead atoms. The summed E-state index contributed by atoms with van der Waals surface area (Å²) >= 11 is 3.79. The van der Waals surface area contributed by atoms with Crippen molar-refractivity contribution in [3.8, 4) is 0 Å². The van der Waals surface area contributed by atoms with Crippen LogP contribution in [0.25, 0.3) is 0 Å². The molecule has 19 heteroatoms. The van der Waals surface area contributed by atoms with Crippen molar-refractivity contribution in [3.63, 3.8) is 0 Å². The number of carbonyl (C=O) groups excluding carboxylic acids is 3. The van der Waals surface area contributed by atoms with E-state index in [0.29, 0.717) is 81.4 Å². The van der Waals surface area contributed by atoms with E-state index in [9.17, 15) is 14.4 Å². The summed E-state index contributed by atoms with van der Waals surface area (Å²) in [5.74, 6) is -1.06. The van der Waals surface area contributed by atoms with E-state index in [1.807, 2.05) is 20.8 Å². The summed E-state index contributed by atoms with van der Waals surface area (Å²) in [6.07, 6.45) is 5.32. The zero-order valence-corrected chi connectivity index (χ0v) is 34.5. The minimum Gasteiger partial charge on any atom is -0.370 e. The Morgan fingerprint density at radius 1 is 0.704 bits per heavy atom. The summed E-state index contributed by atoms with van der Waals surface area (Å²) < 4.78 is 0. The van der Waals surface area contributed by atoms with Crippen LogP contribution in [0.2, 0.25) is 0 Å². The number of aromatic nitrogens is 3. The number of aryl methyl sites for hydroxylation is 2. The van der Waals surface area contributed by atoms with Gasteiger partial charge < -0.3 is 44.2 Å². The lowest BCUT2D eigenvalue weighted by atomic mass is 9.99. The van der Waals surface area contributed by atoms with Crippen LogP contribution in [0.3, 0.4) is 0 Å². The molecule has 0 unspecified atom stereocenters. The molecular formula is C35H57N13O3S3. The smallest absolute Gasteiger partial charge is 0.263 e. The second-order valence-corrected chi connectivity index (χ2v) is 17.5. The van der Waals surface area contributed by atoms with Gasteiger partial charge in [0.2, 0.25) is 0 Å². The fourth-order valence-electron chi connectivity index (χ4n) is 5.76. The minimum atomic E-state index is -0.631. The van der Waals surface area contributed by atoms with Crippen LogP contribution in [-0.2, 0) is 12.8 Å². The lowest BCUT2D eigenvalue weighted by Crippen LogP contribution is -2.33. The second kappa shape index (κ2) is 21.0. The van der Waals surface area contributed by atoms with Gasteiger partial charge in [0.15, 0.2) is 11.9 Å². The van der Waals surface area contributed by atoms with Crippen LogP contribution in [0.5, 0.6) is 0 Å². The monoisotopic (exact) mass is 803 g/mol. The Hall–Kier alpha value is -4.20. The van der Waals surface area contributed by atoms with Crippen LogP contribution in [0.15, 0.2) is 0 Å². The van der Waals surface area contributed by atoms with Crippen molar-refractivity contribution in [2.24, 2.45) is 34.8 Å². The highest BCUT2D eigenvalue weighted by Crippen LogP contribution is 2.33. The molecule has 3 amide bonds. The lowest BCUT2D eigenvalue weighted by molar-refractivity contribution is 0.0916. The maximum Gasteiger partial charge on any atom is 0.263 e. The summed E-state index contributed by atoms with van der Waals surface area (Å²) in [4.78, 5) is 56.0. The number of unbranched alkanes of at least 4 members (excludes halogenated alkanes) is 2. The van der Waals surface area contributed by atoms with Crippen molar-refractivity contribution < 1.29 is 14.4 Å². The molecule has 54 heavy (non-hydrogen) atoms. The molecule has 0 fully saturated rings. The van der Waals surface area contributed by atoms with E-state index >= 15 is 0 Å². The first-order valence-corrected chi connectivity index (χ1v) is 20.7. The summed E-state index contributed by atoms with van der Waals surface area (Å²) in [7, 11) is 0.